The van der Waals surface area contributed by atoms with E-state index < -0.39 is 50.3 Å². The number of amides is 2. The molecule has 0 saturated carbocycles. The fourth-order valence-electron chi connectivity index (χ4n) is 2.44. The molecule has 0 bridgehead atoms. The van der Waals surface area contributed by atoms with Crippen LogP contribution in [0.5, 0.6) is 0 Å². The van der Waals surface area contributed by atoms with Gasteiger partial charge in [0.15, 0.2) is 9.84 Å². The molecule has 2 amide bonds. The Morgan fingerprint density at radius 2 is 2.00 bits per heavy atom. The van der Waals surface area contributed by atoms with E-state index in [1.54, 1.807) is 0 Å². The van der Waals surface area contributed by atoms with Gasteiger partial charge in [0.1, 0.15) is 23.3 Å². The molecule has 0 aromatic carbocycles. The molecule has 2 aliphatic heterocycles. The Hall–Kier alpha value is -1.08. The fourth-order valence-corrected chi connectivity index (χ4v) is 4.22. The smallest absolute Gasteiger partial charge is 0.543 e. The number of ether oxygens (including phenoxy) is 1. The normalized spacial score (nSPS) is 22.8. The molecular weight excluding hydrogens is 411 g/mol. The summed E-state index contributed by atoms with van der Waals surface area (Å²) in [5.41, 5.74) is -0.175. The number of esters is 1. The van der Waals surface area contributed by atoms with Crippen molar-refractivity contribution < 1.29 is 67.0 Å². The molecule has 1 saturated heterocycles. The largest absolute Gasteiger partial charge is 1.00 e. The Kier molecular flexibility index (Phi) is 7.94. The molecule has 2 aliphatic rings. The zero-order valence-corrected chi connectivity index (χ0v) is 18.8. The number of carbonyl (C=O) groups is 4. The second-order valence-electron chi connectivity index (χ2n) is 5.89. The van der Waals surface area contributed by atoms with Gasteiger partial charge in [0.25, 0.3) is 5.91 Å². The maximum atomic E-state index is 12.3. The van der Waals surface area contributed by atoms with Gasteiger partial charge >= 0.3 is 35.5 Å². The summed E-state index contributed by atoms with van der Waals surface area (Å²) in [4.78, 5) is 47.6. The van der Waals surface area contributed by atoms with E-state index in [0.29, 0.717) is 0 Å². The minimum Gasteiger partial charge on any atom is -0.543 e. The first-order valence-electron chi connectivity index (χ1n) is 7.45. The van der Waals surface area contributed by atoms with Crippen molar-refractivity contribution in [2.75, 3.05) is 18.6 Å². The molecule has 1 N–H and O–H groups in total. The van der Waals surface area contributed by atoms with Gasteiger partial charge in [-0.25, -0.2) is 8.42 Å². The van der Waals surface area contributed by atoms with Crippen LogP contribution in [0.4, 0.5) is 0 Å². The van der Waals surface area contributed by atoms with Crippen molar-refractivity contribution in [3.05, 3.63) is 11.3 Å². The summed E-state index contributed by atoms with van der Waals surface area (Å²) in [7, 11) is -3.63. The van der Waals surface area contributed by atoms with E-state index in [-0.39, 0.29) is 53.2 Å². The van der Waals surface area contributed by atoms with Gasteiger partial charge in [-0.1, -0.05) is 0 Å². The van der Waals surface area contributed by atoms with Gasteiger partial charge in [0.05, 0.1) is 11.7 Å². The molecule has 0 aliphatic carbocycles. The van der Waals surface area contributed by atoms with E-state index in [1.807, 2.05) is 0 Å². The van der Waals surface area contributed by atoms with Gasteiger partial charge < -0.3 is 20.0 Å². The maximum absolute atomic E-state index is 12.3. The average molecular weight is 428 g/mol. The first kappa shape index (κ1) is 24.0. The number of carbonyl (C=O) groups excluding carboxylic acids is 4. The Morgan fingerprint density at radius 1 is 1.41 bits per heavy atom. The zero-order chi connectivity index (χ0) is 19.8. The summed E-state index contributed by atoms with van der Waals surface area (Å²) < 4.78 is 27.7. The molecule has 1 unspecified atom stereocenters. The molecule has 27 heavy (non-hydrogen) atoms. The van der Waals surface area contributed by atoms with Crippen LogP contribution in [0.25, 0.3) is 0 Å². The van der Waals surface area contributed by atoms with Gasteiger partial charge in [-0.2, -0.15) is 0 Å². The van der Waals surface area contributed by atoms with Gasteiger partial charge in [0.2, 0.25) is 5.91 Å². The summed E-state index contributed by atoms with van der Waals surface area (Å²) in [6.45, 7) is 2.08. The first-order valence-corrected chi connectivity index (χ1v) is 10.5. The summed E-state index contributed by atoms with van der Waals surface area (Å²) in [5, 5.41) is 11.7. The van der Waals surface area contributed by atoms with Crippen molar-refractivity contribution in [3.8, 4) is 0 Å². The zero-order valence-electron chi connectivity index (χ0n) is 15.2. The third kappa shape index (κ3) is 5.05. The number of thioether (sulfide) groups is 1. The Labute approximate surface area is 182 Å². The number of rotatable bonds is 6. The third-order valence-electron chi connectivity index (χ3n) is 4.00. The van der Waals surface area contributed by atoms with E-state index in [4.69, 9.17) is 4.74 Å². The Balaban J connectivity index is 0.00000364. The number of fused-ring (bicyclic) bond motifs is 1. The van der Waals surface area contributed by atoms with Crippen LogP contribution in [-0.2, 0) is 33.8 Å². The Morgan fingerprint density at radius 3 is 2.48 bits per heavy atom. The fraction of sp³-hybridized carbons (Fsp3) is 0.571. The number of aliphatic carboxylic acids is 1. The van der Waals surface area contributed by atoms with Crippen LogP contribution in [0.2, 0.25) is 0 Å². The molecule has 2 rings (SSSR count). The van der Waals surface area contributed by atoms with Crippen molar-refractivity contribution in [1.82, 2.24) is 10.2 Å². The number of carboxylic acids is 1. The van der Waals surface area contributed by atoms with Gasteiger partial charge in [-0.05, 0) is 6.92 Å². The third-order valence-corrected chi connectivity index (χ3v) is 6.84. The summed E-state index contributed by atoms with van der Waals surface area (Å²) >= 11 is 1.17. The van der Waals surface area contributed by atoms with E-state index in [9.17, 15) is 32.7 Å². The molecule has 10 nitrogen and oxygen atoms in total. The second-order valence-corrected chi connectivity index (χ2v) is 9.36. The minimum atomic E-state index is -3.63. The van der Waals surface area contributed by atoms with E-state index in [0.717, 1.165) is 11.2 Å². The number of hydrogen-bond acceptors (Lipinski definition) is 9. The molecule has 13 heteroatoms. The van der Waals surface area contributed by atoms with E-state index >= 15 is 0 Å². The maximum Gasteiger partial charge on any atom is 1.00 e. The molecule has 0 spiro atoms. The van der Waals surface area contributed by atoms with Gasteiger partial charge in [-0.15, -0.1) is 11.8 Å². The minimum absolute atomic E-state index is 0. The molecule has 3 atom stereocenters. The predicted molar refractivity (Wildman–Crippen MR) is 88.0 cm³/mol. The number of β-lactam (4-membered cyclic amide) rings is 1. The molecule has 0 aromatic heterocycles. The SMILES string of the molecule is CC(=O)OCC1=C(C(=O)[O-])N2C(=O)[C@@H](NC(=O)C(C)S(C)(=O)=O)[C@H]2SC1.[Na+]. The van der Waals surface area contributed by atoms with Crippen LogP contribution in [0.1, 0.15) is 13.8 Å². The summed E-state index contributed by atoms with van der Waals surface area (Å²) in [5.74, 6) is -3.58. The van der Waals surface area contributed by atoms with Crippen molar-refractivity contribution in [3.63, 3.8) is 0 Å². The summed E-state index contributed by atoms with van der Waals surface area (Å²) in [6, 6.07) is -1.04. The van der Waals surface area contributed by atoms with Crippen LogP contribution >= 0.6 is 11.8 Å². The monoisotopic (exact) mass is 428 g/mol. The average Bonchev–Trinajstić information content (AvgIpc) is 2.54. The van der Waals surface area contributed by atoms with Crippen LogP contribution in [0.3, 0.4) is 0 Å². The second kappa shape index (κ2) is 8.95. The van der Waals surface area contributed by atoms with Crippen molar-refractivity contribution >= 4 is 45.4 Å². The quantitative estimate of drug-likeness (QED) is 0.248. The molecule has 2 heterocycles. The molecule has 1 fully saturated rings. The van der Waals surface area contributed by atoms with Crippen LogP contribution in [0, 0.1) is 0 Å². The topological polar surface area (TPSA) is 150 Å². The van der Waals surface area contributed by atoms with Crippen LogP contribution in [-0.4, -0.2) is 72.4 Å². The van der Waals surface area contributed by atoms with E-state index in [2.05, 4.69) is 5.32 Å². The number of nitrogens with zero attached hydrogens (tertiary/aromatic N) is 1. The molecular formula is C14H17N2NaO8S2. The van der Waals surface area contributed by atoms with Crippen molar-refractivity contribution in [2.24, 2.45) is 0 Å². The van der Waals surface area contributed by atoms with E-state index in [1.165, 1.54) is 25.6 Å². The Bertz CT molecular complexity index is 810. The number of nitrogens with one attached hydrogen (secondary N) is 1. The standard InChI is InChI=1S/C14H18N2O8S2.Na/c1-6(26(3,22)23)11(18)15-9-12(19)16-10(14(20)21)8(4-24-7(2)17)5-25-13(9)16;/h6,9,13H,4-5H2,1-3H3,(H,15,18)(H,20,21);/q;+1/p-1/t6?,9-,13-;/m1./s1. The number of carboxylic acid groups (broad SMARTS) is 1. The van der Waals surface area contributed by atoms with Crippen molar-refractivity contribution in [2.45, 2.75) is 30.5 Å². The number of sulfone groups is 1. The first-order chi connectivity index (χ1) is 11.9. The summed E-state index contributed by atoms with van der Waals surface area (Å²) in [6.07, 6.45) is 0.903. The van der Waals surface area contributed by atoms with Gasteiger partial charge in [0, 0.05) is 24.5 Å². The van der Waals surface area contributed by atoms with Gasteiger partial charge in [-0.3, -0.25) is 19.3 Å². The molecule has 0 aromatic rings. The number of hydrogen-bond donors (Lipinski definition) is 1. The predicted octanol–water partition coefficient (Wildman–Crippen LogP) is -5.61. The van der Waals surface area contributed by atoms with Crippen molar-refractivity contribution in [1.29, 1.82) is 0 Å². The molecule has 0 radical (unpaired) electrons. The molecule has 144 valence electrons. The van der Waals surface area contributed by atoms with Crippen LogP contribution in [0.15, 0.2) is 11.3 Å². The van der Waals surface area contributed by atoms with Crippen LogP contribution < -0.4 is 40.0 Å².